The van der Waals surface area contributed by atoms with Crippen LogP contribution in [0, 0.1) is 0 Å². The Labute approximate surface area is 451 Å². The second-order valence-corrected chi connectivity index (χ2v) is 20.8. The molecule has 0 saturated heterocycles. The molecule has 0 aromatic heterocycles. The lowest BCUT2D eigenvalue weighted by molar-refractivity contribution is -0.161. The number of allylic oxidation sites excluding steroid dienone is 14. The Bertz CT molecular complexity index is 1560. The first-order chi connectivity index (χ1) is 36.2. The average molecular weight is 1060 g/mol. The van der Waals surface area contributed by atoms with Crippen molar-refractivity contribution in [2.75, 3.05) is 26.4 Å². The van der Waals surface area contributed by atoms with Crippen LogP contribution >= 0.6 is 7.82 Å². The number of phosphoric acid groups is 1. The molecule has 11 nitrogen and oxygen atoms in total. The first-order valence-electron chi connectivity index (χ1n) is 29.5. The standard InChI is InChI=1S/C62H107O11P/c1-4-7-10-13-16-19-22-25-27-28-29-30-32-35-38-41-44-47-50-53-62(66)73-59(55-69-60(64)51-48-45-42-39-36-34-31-26-23-20-17-14-11-8-5-2)57-71-74(67,68)70-56-58(54-63)72-61(65)52-49-46-43-40-37-33-24-21-18-15-12-9-6-3/h8-9,11-12,17-18,20-21,25-27,31,33,37,58-59,63H,4-7,10,13-16,19,22-24,28-30,32,34-36,38-57H2,1-3H3,(H,67,68)/b11-8-,12-9-,20-17-,21-18-,27-25-,31-26-,37-33-. The molecule has 3 atom stereocenters. The molecule has 2 N–H and O–H groups in total. The summed E-state index contributed by atoms with van der Waals surface area (Å²) < 4.78 is 39.5. The predicted molar refractivity (Wildman–Crippen MR) is 307 cm³/mol. The number of esters is 3. The van der Waals surface area contributed by atoms with Crippen molar-refractivity contribution in [3.05, 3.63) is 85.1 Å². The van der Waals surface area contributed by atoms with E-state index in [0.29, 0.717) is 19.3 Å². The predicted octanol–water partition coefficient (Wildman–Crippen LogP) is 17.5. The maximum atomic E-state index is 12.9. The van der Waals surface area contributed by atoms with Crippen LogP contribution in [0.4, 0.5) is 0 Å². The van der Waals surface area contributed by atoms with Crippen molar-refractivity contribution in [3.8, 4) is 0 Å². The zero-order valence-corrected chi connectivity index (χ0v) is 47.9. The number of ether oxygens (including phenoxy) is 3. The number of aliphatic hydroxyl groups excluding tert-OH is 1. The summed E-state index contributed by atoms with van der Waals surface area (Å²) >= 11 is 0. The van der Waals surface area contributed by atoms with Crippen LogP contribution in [-0.2, 0) is 42.2 Å². The molecule has 0 aromatic rings. The summed E-state index contributed by atoms with van der Waals surface area (Å²) in [7, 11) is -4.76. The van der Waals surface area contributed by atoms with Crippen molar-refractivity contribution < 1.29 is 52.2 Å². The molecule has 426 valence electrons. The van der Waals surface area contributed by atoms with Gasteiger partial charge in [0.1, 0.15) is 12.7 Å². The van der Waals surface area contributed by atoms with Crippen molar-refractivity contribution in [2.24, 2.45) is 0 Å². The lowest BCUT2D eigenvalue weighted by atomic mass is 10.1. The molecule has 0 aromatic carbocycles. The third-order valence-corrected chi connectivity index (χ3v) is 13.2. The van der Waals surface area contributed by atoms with E-state index in [-0.39, 0.29) is 25.9 Å². The monoisotopic (exact) mass is 1060 g/mol. The minimum atomic E-state index is -4.76. The summed E-state index contributed by atoms with van der Waals surface area (Å²) in [5.74, 6) is -1.52. The van der Waals surface area contributed by atoms with E-state index in [2.05, 4.69) is 106 Å². The maximum Gasteiger partial charge on any atom is 0.472 e. The summed E-state index contributed by atoms with van der Waals surface area (Å²) in [4.78, 5) is 48.6. The van der Waals surface area contributed by atoms with Gasteiger partial charge in [0.05, 0.1) is 19.8 Å². The van der Waals surface area contributed by atoms with E-state index in [1.807, 2.05) is 0 Å². The zero-order valence-electron chi connectivity index (χ0n) is 47.0. The lowest BCUT2D eigenvalue weighted by Gasteiger charge is -2.21. The van der Waals surface area contributed by atoms with Crippen LogP contribution in [-0.4, -0.2) is 66.5 Å². The van der Waals surface area contributed by atoms with Crippen LogP contribution < -0.4 is 0 Å². The summed E-state index contributed by atoms with van der Waals surface area (Å²) in [5.41, 5.74) is 0. The van der Waals surface area contributed by atoms with E-state index in [1.165, 1.54) is 83.5 Å². The molecule has 0 bridgehead atoms. The summed E-state index contributed by atoms with van der Waals surface area (Å²) in [5, 5.41) is 9.80. The van der Waals surface area contributed by atoms with Crippen molar-refractivity contribution >= 4 is 25.7 Å². The first kappa shape index (κ1) is 70.7. The molecule has 0 aliphatic carbocycles. The molecule has 0 radical (unpaired) electrons. The average Bonchev–Trinajstić information content (AvgIpc) is 3.39. The van der Waals surface area contributed by atoms with Gasteiger partial charge in [-0.15, -0.1) is 0 Å². The van der Waals surface area contributed by atoms with E-state index >= 15 is 0 Å². The van der Waals surface area contributed by atoms with Gasteiger partial charge >= 0.3 is 25.7 Å². The van der Waals surface area contributed by atoms with Gasteiger partial charge in [0.2, 0.25) is 0 Å². The molecule has 0 fully saturated rings. The van der Waals surface area contributed by atoms with Gasteiger partial charge in [-0.25, -0.2) is 4.57 Å². The van der Waals surface area contributed by atoms with Gasteiger partial charge < -0.3 is 24.2 Å². The Morgan fingerprint density at radius 2 is 0.703 bits per heavy atom. The second-order valence-electron chi connectivity index (χ2n) is 19.4. The fourth-order valence-corrected chi connectivity index (χ4v) is 8.63. The normalized spacial score (nSPS) is 14.0. The fraction of sp³-hybridized carbons (Fsp3) is 0.726. The molecule has 12 heteroatoms. The molecule has 0 heterocycles. The van der Waals surface area contributed by atoms with Crippen LogP contribution in [0.5, 0.6) is 0 Å². The smallest absolute Gasteiger partial charge is 0.462 e. The number of rotatable bonds is 54. The molecule has 0 aliphatic heterocycles. The van der Waals surface area contributed by atoms with Crippen LogP contribution in [0.25, 0.3) is 0 Å². The van der Waals surface area contributed by atoms with Gasteiger partial charge in [-0.05, 0) is 109 Å². The molecule has 74 heavy (non-hydrogen) atoms. The quantitative estimate of drug-likeness (QED) is 0.0197. The molecule has 0 rings (SSSR count). The van der Waals surface area contributed by atoms with Crippen molar-refractivity contribution in [2.45, 2.75) is 264 Å². The van der Waals surface area contributed by atoms with Gasteiger partial charge in [0.25, 0.3) is 0 Å². The van der Waals surface area contributed by atoms with Crippen LogP contribution in [0.15, 0.2) is 85.1 Å². The number of unbranched alkanes of at least 4 members (excludes halogenated alkanes) is 23. The van der Waals surface area contributed by atoms with Crippen molar-refractivity contribution in [3.63, 3.8) is 0 Å². The topological polar surface area (TPSA) is 155 Å². The number of phosphoric ester groups is 1. The van der Waals surface area contributed by atoms with E-state index in [0.717, 1.165) is 109 Å². The Hall–Kier alpha value is -3.34. The Kier molecular flexibility index (Phi) is 53.4. The highest BCUT2D eigenvalue weighted by Crippen LogP contribution is 2.43. The van der Waals surface area contributed by atoms with Gasteiger partial charge in [-0.2, -0.15) is 0 Å². The Morgan fingerprint density at radius 3 is 1.11 bits per heavy atom. The van der Waals surface area contributed by atoms with Gasteiger partial charge in [-0.1, -0.05) is 209 Å². The minimum Gasteiger partial charge on any atom is -0.462 e. The first-order valence-corrected chi connectivity index (χ1v) is 31.0. The van der Waals surface area contributed by atoms with Crippen LogP contribution in [0.3, 0.4) is 0 Å². The van der Waals surface area contributed by atoms with Gasteiger partial charge in [-0.3, -0.25) is 23.4 Å². The van der Waals surface area contributed by atoms with Crippen LogP contribution in [0.1, 0.15) is 252 Å². The summed E-state index contributed by atoms with van der Waals surface area (Å²) in [6.45, 7) is 4.37. The number of aliphatic hydroxyl groups is 1. The molecule has 0 amide bonds. The van der Waals surface area contributed by atoms with E-state index in [4.69, 9.17) is 23.3 Å². The molecular weight excluding hydrogens is 952 g/mol. The highest BCUT2D eigenvalue weighted by molar-refractivity contribution is 7.47. The molecule has 0 aliphatic rings. The minimum absolute atomic E-state index is 0.138. The molecule has 0 spiro atoms. The third kappa shape index (κ3) is 53.5. The highest BCUT2D eigenvalue weighted by atomic mass is 31.2. The summed E-state index contributed by atoms with van der Waals surface area (Å²) in [6, 6.07) is 0. The van der Waals surface area contributed by atoms with E-state index in [1.54, 1.807) is 0 Å². The summed E-state index contributed by atoms with van der Waals surface area (Å²) in [6.07, 6.45) is 64.0. The second kappa shape index (κ2) is 55.9. The lowest BCUT2D eigenvalue weighted by Crippen LogP contribution is -2.30. The zero-order chi connectivity index (χ0) is 54.1. The number of hydrogen-bond acceptors (Lipinski definition) is 10. The Morgan fingerprint density at radius 1 is 0.392 bits per heavy atom. The highest BCUT2D eigenvalue weighted by Gasteiger charge is 2.28. The number of carbonyl (C=O) groups excluding carboxylic acids is 3. The van der Waals surface area contributed by atoms with Gasteiger partial charge in [0, 0.05) is 19.3 Å². The molecular formula is C62H107O11P. The third-order valence-electron chi connectivity index (χ3n) is 12.3. The largest absolute Gasteiger partial charge is 0.472 e. The van der Waals surface area contributed by atoms with E-state index < -0.39 is 57.8 Å². The Balaban J connectivity index is 4.76. The molecule has 3 unspecified atom stereocenters. The number of carbonyl (C=O) groups is 3. The van der Waals surface area contributed by atoms with Crippen molar-refractivity contribution in [1.29, 1.82) is 0 Å². The SMILES string of the molecule is CC/C=C\C/C=C\C/C=C\CCCCCCCC(=O)OCC(COP(=O)(O)OCC(CO)OC(=O)CCCCC/C=C\C/C=C\C/C=C\CC)OC(=O)CCCCCCCCCCC/C=C\CCCCCCCC. The maximum absolute atomic E-state index is 12.9. The van der Waals surface area contributed by atoms with E-state index in [9.17, 15) is 28.9 Å². The fourth-order valence-electron chi connectivity index (χ4n) is 7.85. The van der Waals surface area contributed by atoms with Gasteiger partial charge in [0.15, 0.2) is 6.10 Å². The number of hydrogen-bond donors (Lipinski definition) is 2. The van der Waals surface area contributed by atoms with Crippen LogP contribution in [0.2, 0.25) is 0 Å². The van der Waals surface area contributed by atoms with Crippen molar-refractivity contribution in [1.82, 2.24) is 0 Å². The molecule has 0 saturated carbocycles.